The van der Waals surface area contributed by atoms with E-state index in [2.05, 4.69) is 0 Å². The Kier molecular flexibility index (Phi) is 2.46. The minimum absolute atomic E-state index is 0.0743. The van der Waals surface area contributed by atoms with Crippen LogP contribution in [0.2, 0.25) is 5.22 Å². The van der Waals surface area contributed by atoms with Crippen molar-refractivity contribution in [3.63, 3.8) is 0 Å². The Morgan fingerprint density at radius 2 is 2.00 bits per heavy atom. The van der Waals surface area contributed by atoms with Crippen molar-refractivity contribution in [3.8, 4) is 0 Å². The zero-order valence-corrected chi connectivity index (χ0v) is 9.18. The highest BCUT2D eigenvalue weighted by Gasteiger charge is 2.16. The highest BCUT2D eigenvalue weighted by atomic mass is 35.5. The second-order valence-corrected chi connectivity index (χ2v) is 5.12. The van der Waals surface area contributed by atoms with Crippen molar-refractivity contribution in [1.82, 2.24) is 0 Å². The molecule has 0 atom stereocenters. The fourth-order valence-electron chi connectivity index (χ4n) is 1.40. The number of halogens is 1. The summed E-state index contributed by atoms with van der Waals surface area (Å²) in [6, 6.07) is 7.02. The standard InChI is InChI=1S/C9H8ClNO3S/c10-9-7(5-15(11,12)13)6-3-1-2-4-8(6)14-9/h1-4H,5H2,(H2,11,12,13). The maximum atomic E-state index is 11.0. The topological polar surface area (TPSA) is 73.3 Å². The van der Waals surface area contributed by atoms with Crippen LogP contribution in [0.25, 0.3) is 11.0 Å². The first-order chi connectivity index (χ1) is 6.97. The Hall–Kier alpha value is -1.04. The number of primary sulfonamides is 1. The summed E-state index contributed by atoms with van der Waals surface area (Å²) in [5.74, 6) is -0.317. The first-order valence-electron chi connectivity index (χ1n) is 4.14. The lowest BCUT2D eigenvalue weighted by atomic mass is 10.2. The van der Waals surface area contributed by atoms with Gasteiger partial charge in [0.05, 0.1) is 5.75 Å². The number of sulfonamides is 1. The van der Waals surface area contributed by atoms with E-state index < -0.39 is 10.0 Å². The van der Waals surface area contributed by atoms with Crippen LogP contribution in [0.4, 0.5) is 0 Å². The fourth-order valence-corrected chi connectivity index (χ4v) is 2.42. The molecule has 0 unspecified atom stereocenters. The average molecular weight is 246 g/mol. The lowest BCUT2D eigenvalue weighted by Gasteiger charge is -1.95. The molecule has 0 saturated carbocycles. The molecule has 2 aromatic rings. The second-order valence-electron chi connectivity index (χ2n) is 3.16. The molecule has 0 radical (unpaired) electrons. The van der Waals surface area contributed by atoms with Gasteiger partial charge in [-0.2, -0.15) is 0 Å². The molecular weight excluding hydrogens is 238 g/mol. The smallest absolute Gasteiger partial charge is 0.213 e. The molecule has 2 N–H and O–H groups in total. The maximum absolute atomic E-state index is 11.0. The van der Waals surface area contributed by atoms with Gasteiger partial charge in [-0.3, -0.25) is 0 Å². The van der Waals surface area contributed by atoms with Crippen LogP contribution in [0.5, 0.6) is 0 Å². The summed E-state index contributed by atoms with van der Waals surface area (Å²) < 4.78 is 27.1. The summed E-state index contributed by atoms with van der Waals surface area (Å²) in [7, 11) is -3.61. The van der Waals surface area contributed by atoms with Crippen LogP contribution in [0.15, 0.2) is 28.7 Å². The fraction of sp³-hybridized carbons (Fsp3) is 0.111. The molecular formula is C9H8ClNO3S. The summed E-state index contributed by atoms with van der Waals surface area (Å²) in [6.45, 7) is 0. The van der Waals surface area contributed by atoms with Gasteiger partial charge < -0.3 is 4.42 Å². The lowest BCUT2D eigenvalue weighted by molar-refractivity contribution is 0.593. The third kappa shape index (κ3) is 2.14. The van der Waals surface area contributed by atoms with Crippen LogP contribution < -0.4 is 5.14 Å². The number of fused-ring (bicyclic) bond motifs is 1. The molecule has 0 aliphatic carbocycles. The Morgan fingerprint density at radius 1 is 1.33 bits per heavy atom. The van der Waals surface area contributed by atoms with Crippen LogP contribution in [0.3, 0.4) is 0 Å². The van der Waals surface area contributed by atoms with Crippen LogP contribution in [0, 0.1) is 0 Å². The molecule has 1 aromatic heterocycles. The second kappa shape index (κ2) is 3.52. The molecule has 0 amide bonds. The van der Waals surface area contributed by atoms with Gasteiger partial charge in [-0.25, -0.2) is 13.6 Å². The van der Waals surface area contributed by atoms with E-state index in [0.717, 1.165) is 0 Å². The van der Waals surface area contributed by atoms with Gasteiger partial charge in [0, 0.05) is 10.9 Å². The van der Waals surface area contributed by atoms with Gasteiger partial charge in [0.2, 0.25) is 10.0 Å². The van der Waals surface area contributed by atoms with E-state index in [1.165, 1.54) is 0 Å². The number of hydrogen-bond donors (Lipinski definition) is 1. The normalized spacial score (nSPS) is 12.1. The number of rotatable bonds is 2. The average Bonchev–Trinajstić information content (AvgIpc) is 2.41. The van der Waals surface area contributed by atoms with E-state index in [-0.39, 0.29) is 11.0 Å². The molecule has 0 saturated heterocycles. The van der Waals surface area contributed by atoms with E-state index in [1.54, 1.807) is 24.3 Å². The van der Waals surface area contributed by atoms with Gasteiger partial charge in [0.1, 0.15) is 5.58 Å². The van der Waals surface area contributed by atoms with Gasteiger partial charge >= 0.3 is 0 Å². The van der Waals surface area contributed by atoms with Gasteiger partial charge in [-0.05, 0) is 17.7 Å². The van der Waals surface area contributed by atoms with E-state index in [1.807, 2.05) is 0 Å². The Balaban J connectivity index is 2.64. The number of nitrogens with two attached hydrogens (primary N) is 1. The molecule has 1 heterocycles. The zero-order valence-electron chi connectivity index (χ0n) is 7.60. The number of furan rings is 1. The van der Waals surface area contributed by atoms with E-state index in [9.17, 15) is 8.42 Å². The Morgan fingerprint density at radius 3 is 2.67 bits per heavy atom. The van der Waals surface area contributed by atoms with Crippen molar-refractivity contribution < 1.29 is 12.8 Å². The quantitative estimate of drug-likeness (QED) is 0.878. The molecule has 2 rings (SSSR count). The summed E-state index contributed by atoms with van der Waals surface area (Å²) in [4.78, 5) is 0. The molecule has 80 valence electrons. The predicted molar refractivity (Wildman–Crippen MR) is 58.0 cm³/mol. The van der Waals surface area contributed by atoms with Crippen LogP contribution >= 0.6 is 11.6 Å². The van der Waals surface area contributed by atoms with Crippen molar-refractivity contribution in [2.24, 2.45) is 5.14 Å². The van der Waals surface area contributed by atoms with Gasteiger partial charge in [0.15, 0.2) is 5.22 Å². The predicted octanol–water partition coefficient (Wildman–Crippen LogP) is 1.87. The van der Waals surface area contributed by atoms with E-state index in [4.69, 9.17) is 21.2 Å². The van der Waals surface area contributed by atoms with Crippen molar-refractivity contribution in [1.29, 1.82) is 0 Å². The minimum Gasteiger partial charge on any atom is -0.444 e. The highest BCUT2D eigenvalue weighted by molar-refractivity contribution is 7.88. The zero-order chi connectivity index (χ0) is 11.1. The molecule has 6 heteroatoms. The number of hydrogen-bond acceptors (Lipinski definition) is 3. The van der Waals surface area contributed by atoms with Crippen molar-refractivity contribution in [2.75, 3.05) is 0 Å². The largest absolute Gasteiger partial charge is 0.444 e. The van der Waals surface area contributed by atoms with E-state index in [0.29, 0.717) is 16.5 Å². The summed E-state index contributed by atoms with van der Waals surface area (Å²) in [5.41, 5.74) is 0.968. The molecule has 0 spiro atoms. The third-order valence-corrected chi connectivity index (χ3v) is 2.99. The van der Waals surface area contributed by atoms with Gasteiger partial charge in [-0.15, -0.1) is 0 Å². The maximum Gasteiger partial charge on any atom is 0.213 e. The molecule has 15 heavy (non-hydrogen) atoms. The summed E-state index contributed by atoms with van der Waals surface area (Å²) in [5, 5.41) is 5.71. The molecule has 4 nitrogen and oxygen atoms in total. The van der Waals surface area contributed by atoms with E-state index >= 15 is 0 Å². The first kappa shape index (κ1) is 10.5. The van der Waals surface area contributed by atoms with Crippen LogP contribution in [-0.2, 0) is 15.8 Å². The van der Waals surface area contributed by atoms with Crippen molar-refractivity contribution in [2.45, 2.75) is 5.75 Å². The summed E-state index contributed by atoms with van der Waals surface area (Å²) in [6.07, 6.45) is 0. The summed E-state index contributed by atoms with van der Waals surface area (Å²) >= 11 is 5.79. The first-order valence-corrected chi connectivity index (χ1v) is 6.23. The molecule has 0 fully saturated rings. The monoisotopic (exact) mass is 245 g/mol. The van der Waals surface area contributed by atoms with Crippen molar-refractivity contribution >= 4 is 32.6 Å². The Bertz CT molecular complexity index is 603. The van der Waals surface area contributed by atoms with Gasteiger partial charge in [0.25, 0.3) is 0 Å². The third-order valence-electron chi connectivity index (χ3n) is 1.99. The lowest BCUT2D eigenvalue weighted by Crippen LogP contribution is -2.14. The minimum atomic E-state index is -3.61. The molecule has 0 aliphatic heterocycles. The van der Waals surface area contributed by atoms with Crippen molar-refractivity contribution in [3.05, 3.63) is 35.0 Å². The van der Waals surface area contributed by atoms with Crippen LogP contribution in [0.1, 0.15) is 5.56 Å². The molecule has 0 bridgehead atoms. The number of benzene rings is 1. The Labute approximate surface area is 91.7 Å². The van der Waals surface area contributed by atoms with Gasteiger partial charge in [-0.1, -0.05) is 18.2 Å². The molecule has 0 aliphatic rings. The van der Waals surface area contributed by atoms with Crippen LogP contribution in [-0.4, -0.2) is 8.42 Å². The highest BCUT2D eigenvalue weighted by Crippen LogP contribution is 2.30. The number of para-hydroxylation sites is 1. The molecule has 1 aromatic carbocycles. The SMILES string of the molecule is NS(=O)(=O)Cc1c(Cl)oc2ccccc12.